The second-order valence-corrected chi connectivity index (χ2v) is 8.87. The first-order chi connectivity index (χ1) is 15.5. The van der Waals surface area contributed by atoms with Crippen molar-refractivity contribution >= 4 is 17.8 Å². The molecule has 6 heteroatoms. The van der Waals surface area contributed by atoms with Crippen LogP contribution in [-0.2, 0) is 27.2 Å². The highest BCUT2D eigenvalue weighted by Crippen LogP contribution is 2.37. The van der Waals surface area contributed by atoms with Crippen LogP contribution in [0.2, 0.25) is 0 Å². The molecule has 2 fully saturated rings. The number of nitrogens with zero attached hydrogens (tertiary/aromatic N) is 1. The fourth-order valence-electron chi connectivity index (χ4n) is 4.32. The van der Waals surface area contributed by atoms with E-state index in [2.05, 4.69) is 0 Å². The molecule has 1 heterocycles. The van der Waals surface area contributed by atoms with Crippen molar-refractivity contribution in [2.24, 2.45) is 11.8 Å². The third-order valence-corrected chi connectivity index (χ3v) is 6.22. The lowest BCUT2D eigenvalue weighted by Gasteiger charge is -2.25. The summed E-state index contributed by atoms with van der Waals surface area (Å²) in [5.41, 5.74) is 1.93. The van der Waals surface area contributed by atoms with E-state index in [4.69, 9.17) is 4.74 Å². The predicted octanol–water partition coefficient (Wildman–Crippen LogP) is 3.56. The van der Waals surface area contributed by atoms with Gasteiger partial charge in [-0.05, 0) is 36.3 Å². The molecule has 168 valence electrons. The van der Waals surface area contributed by atoms with Crippen LogP contribution in [0.3, 0.4) is 0 Å². The Bertz CT molecular complexity index is 941. The van der Waals surface area contributed by atoms with E-state index in [-0.39, 0.29) is 18.8 Å². The molecule has 4 rings (SSSR count). The fraction of sp³-hybridized carbons (Fsp3) is 0.423. The highest BCUT2D eigenvalue weighted by Gasteiger charge is 2.44. The van der Waals surface area contributed by atoms with Crippen LogP contribution in [0.4, 0.5) is 4.79 Å². The number of benzene rings is 2. The molecule has 2 aromatic rings. The summed E-state index contributed by atoms with van der Waals surface area (Å²) in [6.45, 7) is 0.125. The van der Waals surface area contributed by atoms with Gasteiger partial charge in [0.1, 0.15) is 12.4 Å². The smallest absolute Gasteiger partial charge is 0.417 e. The van der Waals surface area contributed by atoms with Gasteiger partial charge in [0, 0.05) is 6.42 Å². The fourth-order valence-corrected chi connectivity index (χ4v) is 4.32. The number of amides is 2. The van der Waals surface area contributed by atoms with Gasteiger partial charge in [0.25, 0.3) is 0 Å². The summed E-state index contributed by atoms with van der Waals surface area (Å²) in [6.07, 6.45) is 1.57. The van der Waals surface area contributed by atoms with E-state index >= 15 is 0 Å². The van der Waals surface area contributed by atoms with Gasteiger partial charge in [-0.2, -0.15) is 0 Å². The van der Waals surface area contributed by atoms with Crippen LogP contribution >= 0.6 is 0 Å². The second-order valence-electron chi connectivity index (χ2n) is 8.87. The molecule has 3 atom stereocenters. The van der Waals surface area contributed by atoms with Gasteiger partial charge < -0.3 is 9.84 Å². The second kappa shape index (κ2) is 10.1. The first kappa shape index (κ1) is 22.2. The Hall–Kier alpha value is -2.99. The number of imide groups is 1. The van der Waals surface area contributed by atoms with E-state index in [1.165, 1.54) is 0 Å². The van der Waals surface area contributed by atoms with Gasteiger partial charge in [-0.1, -0.05) is 73.5 Å². The van der Waals surface area contributed by atoms with Crippen molar-refractivity contribution in [3.05, 3.63) is 71.8 Å². The maximum absolute atomic E-state index is 13.4. The Kier molecular flexibility index (Phi) is 7.00. The van der Waals surface area contributed by atoms with E-state index in [0.717, 1.165) is 28.9 Å². The van der Waals surface area contributed by atoms with Crippen LogP contribution in [-0.4, -0.2) is 46.5 Å². The summed E-state index contributed by atoms with van der Waals surface area (Å²) in [4.78, 5) is 40.1. The summed E-state index contributed by atoms with van der Waals surface area (Å²) in [5, 5.41) is 10.5. The number of carbonyl (C=O) groups is 3. The van der Waals surface area contributed by atoms with Crippen LogP contribution in [0.15, 0.2) is 60.7 Å². The minimum atomic E-state index is -0.920. The summed E-state index contributed by atoms with van der Waals surface area (Å²) in [5.74, 6) is -1.39. The van der Waals surface area contributed by atoms with Gasteiger partial charge >= 0.3 is 6.09 Å². The van der Waals surface area contributed by atoms with Crippen molar-refractivity contribution in [3.8, 4) is 0 Å². The van der Waals surface area contributed by atoms with E-state index < -0.39 is 30.1 Å². The lowest BCUT2D eigenvalue weighted by molar-refractivity contribution is -0.141. The zero-order valence-corrected chi connectivity index (χ0v) is 18.1. The van der Waals surface area contributed by atoms with Gasteiger partial charge in [-0.15, -0.1) is 0 Å². The Balaban J connectivity index is 1.45. The molecule has 2 aliphatic rings. The molecular weight excluding hydrogens is 406 g/mol. The highest BCUT2D eigenvalue weighted by atomic mass is 16.6. The molecule has 3 unspecified atom stereocenters. The number of ketones is 1. The lowest BCUT2D eigenvalue weighted by atomic mass is 9.90. The molecule has 32 heavy (non-hydrogen) atoms. The summed E-state index contributed by atoms with van der Waals surface area (Å²) >= 11 is 0. The number of carbonyl (C=O) groups excluding carboxylic acids is 3. The van der Waals surface area contributed by atoms with Crippen molar-refractivity contribution in [3.63, 3.8) is 0 Å². The number of aliphatic hydroxyl groups is 1. The molecule has 0 bridgehead atoms. The first-order valence-electron chi connectivity index (χ1n) is 11.3. The van der Waals surface area contributed by atoms with Gasteiger partial charge in [-0.25, -0.2) is 9.69 Å². The molecule has 2 aromatic carbocycles. The maximum atomic E-state index is 13.4. The molecule has 0 aromatic heterocycles. The van der Waals surface area contributed by atoms with Gasteiger partial charge in [0.05, 0.1) is 18.1 Å². The topological polar surface area (TPSA) is 83.9 Å². The highest BCUT2D eigenvalue weighted by molar-refractivity contribution is 6.06. The van der Waals surface area contributed by atoms with Crippen LogP contribution < -0.4 is 0 Å². The molecule has 0 radical (unpaired) electrons. The van der Waals surface area contributed by atoms with Crippen molar-refractivity contribution in [1.82, 2.24) is 4.90 Å². The van der Waals surface area contributed by atoms with E-state index in [9.17, 15) is 19.5 Å². The van der Waals surface area contributed by atoms with Crippen molar-refractivity contribution in [2.75, 3.05) is 6.61 Å². The number of hydrogen-bond donors (Lipinski definition) is 1. The zero-order chi connectivity index (χ0) is 22.5. The summed E-state index contributed by atoms with van der Waals surface area (Å²) < 4.78 is 5.19. The average molecular weight is 436 g/mol. The number of ether oxygens (including phenoxy) is 1. The molecular formula is C26H29NO5. The summed E-state index contributed by atoms with van der Waals surface area (Å²) in [6, 6.07) is 18.6. The number of aliphatic hydroxyl groups excluding tert-OH is 1. The molecule has 1 saturated carbocycles. The standard InChI is InChI=1S/C26H29NO5/c28-22(14-19-9-5-2-6-10-19)16-24(29)23(15-20-11-12-20)25(30)27-21(17-32-26(27)31)13-18-7-3-1-4-8-18/h1-10,20-23,28H,11-17H2. The van der Waals surface area contributed by atoms with Crippen molar-refractivity contribution in [1.29, 1.82) is 0 Å². The molecule has 6 nitrogen and oxygen atoms in total. The summed E-state index contributed by atoms with van der Waals surface area (Å²) in [7, 11) is 0. The molecule has 1 saturated heterocycles. The maximum Gasteiger partial charge on any atom is 0.417 e. The van der Waals surface area contributed by atoms with Gasteiger partial charge in [-0.3, -0.25) is 9.59 Å². The number of cyclic esters (lactones) is 1. The number of hydrogen-bond acceptors (Lipinski definition) is 5. The Labute approximate surface area is 188 Å². The van der Waals surface area contributed by atoms with Crippen LogP contribution in [0.5, 0.6) is 0 Å². The monoisotopic (exact) mass is 435 g/mol. The number of Topliss-reactive ketones (excluding diaryl/α,β-unsaturated/α-hetero) is 1. The van der Waals surface area contributed by atoms with Gasteiger partial charge in [0.15, 0.2) is 0 Å². The molecule has 2 amide bonds. The Morgan fingerprint density at radius 2 is 1.62 bits per heavy atom. The minimum absolute atomic E-state index is 0.107. The molecule has 1 N–H and O–H groups in total. The third kappa shape index (κ3) is 5.62. The van der Waals surface area contributed by atoms with Crippen LogP contribution in [0.25, 0.3) is 0 Å². The van der Waals surface area contributed by atoms with Crippen molar-refractivity contribution < 1.29 is 24.2 Å². The molecule has 1 aliphatic heterocycles. The zero-order valence-electron chi connectivity index (χ0n) is 18.1. The van der Waals surface area contributed by atoms with Gasteiger partial charge in [0.2, 0.25) is 5.91 Å². The van der Waals surface area contributed by atoms with E-state index in [1.54, 1.807) is 0 Å². The van der Waals surface area contributed by atoms with Crippen molar-refractivity contribution in [2.45, 2.75) is 50.7 Å². The first-order valence-corrected chi connectivity index (χ1v) is 11.3. The van der Waals surface area contributed by atoms with E-state index in [1.807, 2.05) is 60.7 Å². The molecule has 1 aliphatic carbocycles. The Morgan fingerprint density at radius 1 is 1.00 bits per heavy atom. The normalized spacial score (nSPS) is 20.0. The SMILES string of the molecule is O=C(CC(O)Cc1ccccc1)C(CC1CC1)C(=O)N1C(=O)OCC1Cc1ccccc1. The minimum Gasteiger partial charge on any atom is -0.447 e. The quantitative estimate of drug-likeness (QED) is 0.577. The predicted molar refractivity (Wildman–Crippen MR) is 119 cm³/mol. The lowest BCUT2D eigenvalue weighted by Crippen LogP contribution is -2.46. The average Bonchev–Trinajstić information content (AvgIpc) is 3.54. The van der Waals surface area contributed by atoms with Crippen LogP contribution in [0.1, 0.15) is 36.8 Å². The van der Waals surface area contributed by atoms with E-state index in [0.29, 0.717) is 25.2 Å². The Morgan fingerprint density at radius 3 is 2.25 bits per heavy atom. The largest absolute Gasteiger partial charge is 0.447 e. The number of rotatable bonds is 10. The van der Waals surface area contributed by atoms with Crippen LogP contribution in [0, 0.1) is 11.8 Å². The molecule has 0 spiro atoms. The third-order valence-electron chi connectivity index (χ3n) is 6.22.